The summed E-state index contributed by atoms with van der Waals surface area (Å²) in [6.45, 7) is -0.443. The van der Waals surface area contributed by atoms with Crippen molar-refractivity contribution < 1.29 is 19.3 Å². The molecule has 1 saturated heterocycles. The van der Waals surface area contributed by atoms with Gasteiger partial charge in [0, 0.05) is 11.5 Å². The van der Waals surface area contributed by atoms with Crippen molar-refractivity contribution in [1.29, 1.82) is 0 Å². The summed E-state index contributed by atoms with van der Waals surface area (Å²) < 4.78 is 19.4. The van der Waals surface area contributed by atoms with Gasteiger partial charge < -0.3 is 20.7 Å². The highest BCUT2D eigenvalue weighted by Gasteiger charge is 2.44. The monoisotopic (exact) mass is 329 g/mol. The second-order valence-corrected chi connectivity index (χ2v) is 6.04. The van der Waals surface area contributed by atoms with Crippen molar-refractivity contribution >= 4 is 28.7 Å². The zero-order valence-electron chi connectivity index (χ0n) is 11.5. The van der Waals surface area contributed by atoms with E-state index in [1.807, 2.05) is 0 Å². The van der Waals surface area contributed by atoms with Crippen LogP contribution in [0.25, 0.3) is 11.2 Å². The SMILES string of the molecule is Nc1ncnc2c1ncn2[C@@H]1O[C@H](CSCCF)C(O)C1O. The van der Waals surface area contributed by atoms with Crippen LogP contribution in [0, 0.1) is 0 Å². The molecule has 4 atom stereocenters. The van der Waals surface area contributed by atoms with Crippen LogP contribution in [-0.4, -0.2) is 66.2 Å². The van der Waals surface area contributed by atoms with Crippen LogP contribution in [-0.2, 0) is 4.74 Å². The van der Waals surface area contributed by atoms with Crippen LogP contribution < -0.4 is 5.73 Å². The van der Waals surface area contributed by atoms with E-state index in [2.05, 4.69) is 15.0 Å². The topological polar surface area (TPSA) is 119 Å². The Hall–Kier alpha value is -1.49. The molecule has 2 aromatic heterocycles. The van der Waals surface area contributed by atoms with E-state index in [1.165, 1.54) is 29.0 Å². The molecule has 0 bridgehead atoms. The lowest BCUT2D eigenvalue weighted by Gasteiger charge is -2.16. The zero-order chi connectivity index (χ0) is 15.7. The van der Waals surface area contributed by atoms with Gasteiger partial charge in [-0.05, 0) is 0 Å². The van der Waals surface area contributed by atoms with Crippen LogP contribution >= 0.6 is 11.8 Å². The van der Waals surface area contributed by atoms with Gasteiger partial charge in [-0.25, -0.2) is 15.0 Å². The Morgan fingerprint density at radius 1 is 1.32 bits per heavy atom. The maximum absolute atomic E-state index is 12.1. The average molecular weight is 329 g/mol. The van der Waals surface area contributed by atoms with Gasteiger partial charge in [-0.15, -0.1) is 0 Å². The highest BCUT2D eigenvalue weighted by atomic mass is 32.2. The summed E-state index contributed by atoms with van der Waals surface area (Å²) >= 11 is 1.32. The number of halogens is 1. The molecule has 0 aromatic carbocycles. The third kappa shape index (κ3) is 2.62. The van der Waals surface area contributed by atoms with Crippen molar-refractivity contribution in [1.82, 2.24) is 19.5 Å². The number of nitrogen functional groups attached to an aromatic ring is 1. The van der Waals surface area contributed by atoms with Crippen LogP contribution in [0.4, 0.5) is 10.2 Å². The quantitative estimate of drug-likeness (QED) is 0.641. The van der Waals surface area contributed by atoms with Gasteiger partial charge in [-0.1, -0.05) is 0 Å². The molecule has 1 aliphatic rings. The number of aliphatic hydroxyl groups excluding tert-OH is 2. The van der Waals surface area contributed by atoms with E-state index in [1.54, 1.807) is 0 Å². The molecular formula is C12H16FN5O3S. The molecule has 1 aliphatic heterocycles. The minimum Gasteiger partial charge on any atom is -0.387 e. The van der Waals surface area contributed by atoms with E-state index in [9.17, 15) is 14.6 Å². The van der Waals surface area contributed by atoms with Crippen LogP contribution in [0.3, 0.4) is 0 Å². The number of thioether (sulfide) groups is 1. The number of anilines is 1. The average Bonchev–Trinajstić information content (AvgIpc) is 3.05. The number of fused-ring (bicyclic) bond motifs is 1. The number of aliphatic hydroxyl groups is 2. The number of alkyl halides is 1. The lowest BCUT2D eigenvalue weighted by Crippen LogP contribution is -2.32. The predicted molar refractivity (Wildman–Crippen MR) is 79.0 cm³/mol. The minimum absolute atomic E-state index is 0.229. The molecule has 10 heteroatoms. The minimum atomic E-state index is -1.13. The summed E-state index contributed by atoms with van der Waals surface area (Å²) in [4.78, 5) is 12.0. The molecule has 0 saturated carbocycles. The first-order valence-electron chi connectivity index (χ1n) is 6.71. The molecule has 1 fully saturated rings. The van der Waals surface area contributed by atoms with E-state index in [4.69, 9.17) is 10.5 Å². The van der Waals surface area contributed by atoms with E-state index < -0.39 is 31.2 Å². The van der Waals surface area contributed by atoms with Crippen molar-refractivity contribution in [2.75, 3.05) is 23.9 Å². The fraction of sp³-hybridized carbons (Fsp3) is 0.583. The molecule has 2 aromatic rings. The number of ether oxygens (including phenoxy) is 1. The number of imidazole rings is 1. The first kappa shape index (κ1) is 15.4. The summed E-state index contributed by atoms with van der Waals surface area (Å²) in [7, 11) is 0. The van der Waals surface area contributed by atoms with E-state index in [0.29, 0.717) is 22.7 Å². The lowest BCUT2D eigenvalue weighted by molar-refractivity contribution is -0.0289. The van der Waals surface area contributed by atoms with Crippen LogP contribution in [0.2, 0.25) is 0 Å². The fourth-order valence-corrected chi connectivity index (χ4v) is 3.19. The van der Waals surface area contributed by atoms with Gasteiger partial charge in [-0.3, -0.25) is 8.96 Å². The summed E-state index contributed by atoms with van der Waals surface area (Å²) in [6, 6.07) is 0. The van der Waals surface area contributed by atoms with Gasteiger partial charge in [0.05, 0.1) is 19.1 Å². The molecule has 120 valence electrons. The molecule has 3 heterocycles. The van der Waals surface area contributed by atoms with E-state index >= 15 is 0 Å². The molecule has 3 rings (SSSR count). The number of nitrogens with two attached hydrogens (primary N) is 1. The molecule has 4 N–H and O–H groups in total. The molecule has 22 heavy (non-hydrogen) atoms. The summed E-state index contributed by atoms with van der Waals surface area (Å²) in [6.07, 6.45) is -0.882. The smallest absolute Gasteiger partial charge is 0.167 e. The zero-order valence-corrected chi connectivity index (χ0v) is 12.4. The van der Waals surface area contributed by atoms with Crippen molar-refractivity contribution in [3.8, 4) is 0 Å². The standard InChI is InChI=1S/C12H16FN5O3S/c13-1-2-22-3-6-8(19)9(20)12(21-6)18-5-17-7-10(14)15-4-16-11(7)18/h4-6,8-9,12,19-20H,1-3H2,(H2,14,15,16)/t6-,8?,9?,12-/m1/s1. The molecule has 0 amide bonds. The number of hydrogen-bond donors (Lipinski definition) is 3. The molecule has 8 nitrogen and oxygen atoms in total. The molecule has 2 unspecified atom stereocenters. The molecule has 0 spiro atoms. The van der Waals surface area contributed by atoms with Crippen LogP contribution in [0.5, 0.6) is 0 Å². The summed E-state index contributed by atoms with van der Waals surface area (Å²) in [5, 5.41) is 20.3. The Morgan fingerprint density at radius 2 is 2.14 bits per heavy atom. The van der Waals surface area contributed by atoms with Crippen LogP contribution in [0.1, 0.15) is 6.23 Å². The Bertz CT molecular complexity index is 657. The second-order valence-electron chi connectivity index (χ2n) is 4.89. The highest BCUT2D eigenvalue weighted by molar-refractivity contribution is 7.99. The van der Waals surface area contributed by atoms with Crippen molar-refractivity contribution in [2.24, 2.45) is 0 Å². The Kier molecular flexibility index (Phi) is 4.43. The van der Waals surface area contributed by atoms with Crippen molar-refractivity contribution in [3.63, 3.8) is 0 Å². The normalized spacial score (nSPS) is 28.5. The van der Waals surface area contributed by atoms with Gasteiger partial charge in [0.2, 0.25) is 0 Å². The van der Waals surface area contributed by atoms with Gasteiger partial charge in [-0.2, -0.15) is 11.8 Å². The number of rotatable bonds is 5. The maximum atomic E-state index is 12.1. The maximum Gasteiger partial charge on any atom is 0.167 e. The van der Waals surface area contributed by atoms with E-state index in [-0.39, 0.29) is 5.82 Å². The molecule has 0 aliphatic carbocycles. The van der Waals surface area contributed by atoms with Gasteiger partial charge >= 0.3 is 0 Å². The fourth-order valence-electron chi connectivity index (χ4n) is 2.41. The number of aromatic nitrogens is 4. The lowest BCUT2D eigenvalue weighted by atomic mass is 10.1. The van der Waals surface area contributed by atoms with Gasteiger partial charge in [0.15, 0.2) is 17.7 Å². The first-order valence-corrected chi connectivity index (χ1v) is 7.87. The summed E-state index contributed by atoms with van der Waals surface area (Å²) in [5.41, 5.74) is 6.54. The summed E-state index contributed by atoms with van der Waals surface area (Å²) in [5.74, 6) is 0.944. The Balaban J connectivity index is 1.83. The van der Waals surface area contributed by atoms with Crippen LogP contribution in [0.15, 0.2) is 12.7 Å². The number of nitrogens with zero attached hydrogens (tertiary/aromatic N) is 4. The third-order valence-corrected chi connectivity index (χ3v) is 4.51. The molecular weight excluding hydrogens is 313 g/mol. The predicted octanol–water partition coefficient (Wildman–Crippen LogP) is -0.270. The van der Waals surface area contributed by atoms with Gasteiger partial charge in [0.1, 0.15) is 24.1 Å². The Labute approximate surface area is 129 Å². The van der Waals surface area contributed by atoms with Crippen molar-refractivity contribution in [2.45, 2.75) is 24.5 Å². The Morgan fingerprint density at radius 3 is 2.91 bits per heavy atom. The third-order valence-electron chi connectivity index (χ3n) is 3.50. The largest absolute Gasteiger partial charge is 0.387 e. The van der Waals surface area contributed by atoms with E-state index in [0.717, 1.165) is 0 Å². The number of hydrogen-bond acceptors (Lipinski definition) is 8. The highest BCUT2D eigenvalue weighted by Crippen LogP contribution is 2.33. The van der Waals surface area contributed by atoms with Gasteiger partial charge in [0.25, 0.3) is 0 Å². The molecule has 0 radical (unpaired) electrons. The second kappa shape index (κ2) is 6.32. The van der Waals surface area contributed by atoms with Crippen molar-refractivity contribution in [3.05, 3.63) is 12.7 Å². The first-order chi connectivity index (χ1) is 10.6.